The van der Waals surface area contributed by atoms with Gasteiger partial charge in [0.25, 0.3) is 5.89 Å². The van der Waals surface area contributed by atoms with Gasteiger partial charge in [-0.25, -0.2) is 4.98 Å². The second-order valence-corrected chi connectivity index (χ2v) is 2.49. The first-order valence-corrected chi connectivity index (χ1v) is 3.68. The number of aromatic nitrogens is 3. The summed E-state index contributed by atoms with van der Waals surface area (Å²) in [6, 6.07) is 3.15. The highest BCUT2D eigenvalue weighted by molar-refractivity contribution is 5.51. The zero-order valence-electron chi connectivity index (χ0n) is 6.86. The molecule has 4 nitrogen and oxygen atoms in total. The van der Waals surface area contributed by atoms with Gasteiger partial charge in [-0.15, -0.1) is 0 Å². The van der Waals surface area contributed by atoms with E-state index in [1.807, 2.05) is 0 Å². The summed E-state index contributed by atoms with van der Waals surface area (Å²) < 4.78 is 17.8. The molecular weight excluding hydrogens is 173 g/mol. The second-order valence-electron chi connectivity index (χ2n) is 2.49. The molecule has 0 radical (unpaired) electrons. The van der Waals surface area contributed by atoms with Crippen molar-refractivity contribution in [3.8, 4) is 11.5 Å². The number of aryl methyl sites for hydroxylation is 1. The molecule has 0 fully saturated rings. The van der Waals surface area contributed by atoms with Gasteiger partial charge in [0.1, 0.15) is 0 Å². The van der Waals surface area contributed by atoms with Crippen LogP contribution in [0.3, 0.4) is 0 Å². The van der Waals surface area contributed by atoms with Crippen LogP contribution in [0, 0.1) is 12.9 Å². The summed E-state index contributed by atoms with van der Waals surface area (Å²) in [7, 11) is 0. The first kappa shape index (κ1) is 7.85. The summed E-state index contributed by atoms with van der Waals surface area (Å²) in [6.07, 6.45) is 1.36. The lowest BCUT2D eigenvalue weighted by molar-refractivity contribution is 0.422. The Morgan fingerprint density at radius 2 is 2.31 bits per heavy atom. The predicted molar refractivity (Wildman–Crippen MR) is 42.2 cm³/mol. The van der Waals surface area contributed by atoms with Crippen LogP contribution in [-0.4, -0.2) is 15.1 Å². The number of halogens is 1. The third kappa shape index (κ3) is 1.40. The Morgan fingerprint density at radius 1 is 1.46 bits per heavy atom. The molecule has 0 spiro atoms. The molecule has 2 aromatic heterocycles. The van der Waals surface area contributed by atoms with E-state index in [1.54, 1.807) is 13.0 Å². The Morgan fingerprint density at radius 3 is 2.92 bits per heavy atom. The minimum Gasteiger partial charge on any atom is -0.334 e. The topological polar surface area (TPSA) is 51.8 Å². The van der Waals surface area contributed by atoms with Crippen molar-refractivity contribution in [1.29, 1.82) is 0 Å². The van der Waals surface area contributed by atoms with E-state index in [0.29, 0.717) is 5.82 Å². The van der Waals surface area contributed by atoms with Crippen LogP contribution in [0.15, 0.2) is 22.9 Å². The summed E-state index contributed by atoms with van der Waals surface area (Å²) in [5.74, 6) is 0.0208. The van der Waals surface area contributed by atoms with Gasteiger partial charge in [-0.3, -0.25) is 0 Å². The van der Waals surface area contributed by atoms with Crippen LogP contribution in [-0.2, 0) is 0 Å². The van der Waals surface area contributed by atoms with Gasteiger partial charge in [-0.05, 0) is 19.1 Å². The van der Waals surface area contributed by atoms with E-state index >= 15 is 0 Å². The standard InChI is InChI=1S/C8H6FN3O/c1-5-11-8(13-12-5)6-3-2-4-10-7(6)9/h2-4H,1H3. The molecule has 0 N–H and O–H groups in total. The van der Waals surface area contributed by atoms with Crippen molar-refractivity contribution in [3.05, 3.63) is 30.1 Å². The summed E-state index contributed by atoms with van der Waals surface area (Å²) in [5.41, 5.74) is 0.225. The fraction of sp³-hybridized carbons (Fsp3) is 0.125. The zero-order chi connectivity index (χ0) is 9.26. The third-order valence-electron chi connectivity index (χ3n) is 1.52. The van der Waals surface area contributed by atoms with Crippen LogP contribution in [0.4, 0.5) is 4.39 Å². The Labute approximate surface area is 73.4 Å². The first-order valence-electron chi connectivity index (χ1n) is 3.68. The van der Waals surface area contributed by atoms with Crippen molar-refractivity contribution in [2.75, 3.05) is 0 Å². The van der Waals surface area contributed by atoms with Crippen molar-refractivity contribution >= 4 is 0 Å². The lowest BCUT2D eigenvalue weighted by atomic mass is 10.3. The maximum atomic E-state index is 13.0. The summed E-state index contributed by atoms with van der Waals surface area (Å²) in [4.78, 5) is 7.35. The molecule has 2 heterocycles. The first-order chi connectivity index (χ1) is 6.27. The third-order valence-corrected chi connectivity index (χ3v) is 1.52. The summed E-state index contributed by atoms with van der Waals surface area (Å²) in [5, 5.41) is 3.55. The average Bonchev–Trinajstić information content (AvgIpc) is 2.53. The molecule has 5 heteroatoms. The fourth-order valence-corrected chi connectivity index (χ4v) is 0.952. The van der Waals surface area contributed by atoms with E-state index in [0.717, 1.165) is 0 Å². The quantitative estimate of drug-likeness (QED) is 0.623. The summed E-state index contributed by atoms with van der Waals surface area (Å²) in [6.45, 7) is 1.67. The molecule has 13 heavy (non-hydrogen) atoms. The number of hydrogen-bond donors (Lipinski definition) is 0. The SMILES string of the molecule is Cc1noc(-c2cccnc2F)n1. The van der Waals surface area contributed by atoms with Crippen LogP contribution in [0.25, 0.3) is 11.5 Å². The van der Waals surface area contributed by atoms with Gasteiger partial charge in [0.2, 0.25) is 5.95 Å². The van der Waals surface area contributed by atoms with Crippen LogP contribution in [0.1, 0.15) is 5.82 Å². The molecule has 0 aromatic carbocycles. The molecule has 0 amide bonds. The number of pyridine rings is 1. The second kappa shape index (κ2) is 2.93. The van der Waals surface area contributed by atoms with Crippen LogP contribution in [0.2, 0.25) is 0 Å². The molecule has 2 rings (SSSR count). The highest BCUT2D eigenvalue weighted by Crippen LogP contribution is 2.18. The molecule has 0 unspecified atom stereocenters. The van der Waals surface area contributed by atoms with Gasteiger partial charge in [-0.1, -0.05) is 5.16 Å². The Balaban J connectivity index is 2.52. The Kier molecular flexibility index (Phi) is 1.77. The molecular formula is C8H6FN3O. The molecule has 0 aliphatic carbocycles. The minimum atomic E-state index is -0.605. The van der Waals surface area contributed by atoms with Crippen LogP contribution < -0.4 is 0 Å². The average molecular weight is 179 g/mol. The van der Waals surface area contributed by atoms with E-state index in [4.69, 9.17) is 4.52 Å². The normalized spacial score (nSPS) is 10.3. The van der Waals surface area contributed by atoms with Gasteiger partial charge in [0, 0.05) is 6.20 Å². The molecule has 0 aliphatic rings. The Bertz CT molecular complexity index is 427. The van der Waals surface area contributed by atoms with Gasteiger partial charge in [-0.2, -0.15) is 9.37 Å². The molecule has 0 aliphatic heterocycles. The van der Waals surface area contributed by atoms with Crippen molar-refractivity contribution in [2.45, 2.75) is 6.92 Å². The lowest BCUT2D eigenvalue weighted by Crippen LogP contribution is -1.87. The molecule has 0 saturated carbocycles. The van der Waals surface area contributed by atoms with Crippen LogP contribution in [0.5, 0.6) is 0 Å². The minimum absolute atomic E-state index is 0.156. The van der Waals surface area contributed by atoms with Gasteiger partial charge in [0.05, 0.1) is 5.56 Å². The smallest absolute Gasteiger partial charge is 0.262 e. The zero-order valence-corrected chi connectivity index (χ0v) is 6.86. The largest absolute Gasteiger partial charge is 0.334 e. The molecule has 0 atom stereocenters. The molecule has 0 saturated heterocycles. The van der Waals surface area contributed by atoms with Crippen molar-refractivity contribution < 1.29 is 8.91 Å². The number of nitrogens with zero attached hydrogens (tertiary/aromatic N) is 3. The van der Waals surface area contributed by atoms with E-state index < -0.39 is 5.95 Å². The van der Waals surface area contributed by atoms with Gasteiger partial charge < -0.3 is 4.52 Å². The van der Waals surface area contributed by atoms with E-state index in [1.165, 1.54) is 12.3 Å². The van der Waals surface area contributed by atoms with Crippen molar-refractivity contribution in [3.63, 3.8) is 0 Å². The van der Waals surface area contributed by atoms with Gasteiger partial charge in [0.15, 0.2) is 5.82 Å². The highest BCUT2D eigenvalue weighted by Gasteiger charge is 2.11. The van der Waals surface area contributed by atoms with E-state index in [2.05, 4.69) is 15.1 Å². The predicted octanol–water partition coefficient (Wildman–Crippen LogP) is 1.58. The van der Waals surface area contributed by atoms with Crippen LogP contribution >= 0.6 is 0 Å². The van der Waals surface area contributed by atoms with Crippen molar-refractivity contribution in [1.82, 2.24) is 15.1 Å². The van der Waals surface area contributed by atoms with Crippen molar-refractivity contribution in [2.24, 2.45) is 0 Å². The number of hydrogen-bond acceptors (Lipinski definition) is 4. The van der Waals surface area contributed by atoms with Gasteiger partial charge >= 0.3 is 0 Å². The molecule has 0 bridgehead atoms. The lowest BCUT2D eigenvalue weighted by Gasteiger charge is -1.92. The highest BCUT2D eigenvalue weighted by atomic mass is 19.1. The molecule has 66 valence electrons. The van der Waals surface area contributed by atoms with E-state index in [9.17, 15) is 4.39 Å². The monoisotopic (exact) mass is 179 g/mol. The molecule has 2 aromatic rings. The summed E-state index contributed by atoms with van der Waals surface area (Å²) >= 11 is 0. The number of rotatable bonds is 1. The van der Waals surface area contributed by atoms with E-state index in [-0.39, 0.29) is 11.5 Å². The fourth-order valence-electron chi connectivity index (χ4n) is 0.952. The Hall–Kier alpha value is -1.78. The maximum Gasteiger partial charge on any atom is 0.262 e. The maximum absolute atomic E-state index is 13.0.